The third kappa shape index (κ3) is 2.71. The molecule has 1 aromatic carbocycles. The smallest absolute Gasteiger partial charge is 0.229 e. The molecule has 0 saturated carbocycles. The van der Waals surface area contributed by atoms with Crippen LogP contribution in [0.15, 0.2) is 30.5 Å². The molecular formula is C15H15F2N3O2. The van der Waals surface area contributed by atoms with Crippen LogP contribution >= 0.6 is 0 Å². The van der Waals surface area contributed by atoms with Gasteiger partial charge in [-0.05, 0) is 24.6 Å². The standard InChI is InChI=1S/C15H15F2N3O2/c1-22-14-4-5-18-15(19-14)20-8-10(21)7-13(20)11-6-9(16)2-3-12(11)17/h2-6,10,13,21H,7-8H2,1H3/t10-,13-/m0/s1. The van der Waals surface area contributed by atoms with Crippen molar-refractivity contribution < 1.29 is 18.6 Å². The fourth-order valence-corrected chi connectivity index (χ4v) is 2.68. The van der Waals surface area contributed by atoms with E-state index >= 15 is 0 Å². The number of anilines is 1. The molecule has 22 heavy (non-hydrogen) atoms. The summed E-state index contributed by atoms with van der Waals surface area (Å²) >= 11 is 0. The molecule has 1 saturated heterocycles. The van der Waals surface area contributed by atoms with Gasteiger partial charge in [0, 0.05) is 24.4 Å². The minimum absolute atomic E-state index is 0.183. The Kier molecular flexibility index (Phi) is 3.89. The number of aromatic nitrogens is 2. The van der Waals surface area contributed by atoms with Gasteiger partial charge in [-0.2, -0.15) is 4.98 Å². The highest BCUT2D eigenvalue weighted by atomic mass is 19.1. The van der Waals surface area contributed by atoms with Gasteiger partial charge in [-0.15, -0.1) is 0 Å². The highest BCUT2D eigenvalue weighted by Gasteiger charge is 2.35. The lowest BCUT2D eigenvalue weighted by molar-refractivity contribution is 0.194. The monoisotopic (exact) mass is 307 g/mol. The number of hydrogen-bond donors (Lipinski definition) is 1. The second kappa shape index (κ2) is 5.84. The number of halogens is 2. The van der Waals surface area contributed by atoms with E-state index in [4.69, 9.17) is 4.74 Å². The van der Waals surface area contributed by atoms with E-state index in [9.17, 15) is 13.9 Å². The summed E-state index contributed by atoms with van der Waals surface area (Å²) in [6.45, 7) is 0.244. The average molecular weight is 307 g/mol. The number of rotatable bonds is 3. The normalized spacial score (nSPS) is 21.2. The van der Waals surface area contributed by atoms with Crippen molar-refractivity contribution in [1.29, 1.82) is 0 Å². The SMILES string of the molecule is COc1ccnc(N2C[C@@H](O)C[C@H]2c2cc(F)ccc2F)n1. The Balaban J connectivity index is 2.00. The van der Waals surface area contributed by atoms with Crippen LogP contribution in [0.3, 0.4) is 0 Å². The number of nitrogens with zero attached hydrogens (tertiary/aromatic N) is 3. The molecule has 0 aliphatic carbocycles. The summed E-state index contributed by atoms with van der Waals surface area (Å²) < 4.78 is 32.5. The molecule has 5 nitrogen and oxygen atoms in total. The summed E-state index contributed by atoms with van der Waals surface area (Å²) in [5, 5.41) is 9.93. The molecule has 0 amide bonds. The predicted molar refractivity (Wildman–Crippen MR) is 75.7 cm³/mol. The van der Waals surface area contributed by atoms with E-state index < -0.39 is 23.8 Å². The van der Waals surface area contributed by atoms with Gasteiger partial charge < -0.3 is 14.7 Å². The van der Waals surface area contributed by atoms with Crippen molar-refractivity contribution in [2.75, 3.05) is 18.6 Å². The summed E-state index contributed by atoms with van der Waals surface area (Å²) in [6, 6.07) is 4.35. The van der Waals surface area contributed by atoms with Crippen LogP contribution in [0.2, 0.25) is 0 Å². The molecule has 0 spiro atoms. The van der Waals surface area contributed by atoms with Crippen molar-refractivity contribution in [3.8, 4) is 5.88 Å². The summed E-state index contributed by atoms with van der Waals surface area (Å²) in [4.78, 5) is 10.00. The molecule has 1 aliphatic heterocycles. The molecule has 2 atom stereocenters. The van der Waals surface area contributed by atoms with Crippen LogP contribution in [0.5, 0.6) is 5.88 Å². The summed E-state index contributed by atoms with van der Waals surface area (Å²) in [7, 11) is 1.48. The van der Waals surface area contributed by atoms with Crippen LogP contribution in [0, 0.1) is 11.6 Å². The summed E-state index contributed by atoms with van der Waals surface area (Å²) in [5.74, 6) is -0.368. The zero-order valence-electron chi connectivity index (χ0n) is 11.9. The highest BCUT2D eigenvalue weighted by molar-refractivity contribution is 5.41. The molecule has 116 valence electrons. The maximum atomic E-state index is 14.0. The van der Waals surface area contributed by atoms with Crippen LogP contribution in [-0.4, -0.2) is 34.8 Å². The topological polar surface area (TPSA) is 58.5 Å². The lowest BCUT2D eigenvalue weighted by Crippen LogP contribution is -2.26. The number of aliphatic hydroxyl groups is 1. The highest BCUT2D eigenvalue weighted by Crippen LogP contribution is 2.36. The molecule has 1 N–H and O–H groups in total. The Labute approximate surface area is 126 Å². The second-order valence-corrected chi connectivity index (χ2v) is 5.12. The first kappa shape index (κ1) is 14.6. The fourth-order valence-electron chi connectivity index (χ4n) is 2.68. The molecule has 0 radical (unpaired) electrons. The van der Waals surface area contributed by atoms with Crippen LogP contribution in [-0.2, 0) is 0 Å². The first-order valence-corrected chi connectivity index (χ1v) is 6.85. The number of methoxy groups -OCH3 is 1. The lowest BCUT2D eigenvalue weighted by Gasteiger charge is -2.25. The van der Waals surface area contributed by atoms with E-state index in [0.29, 0.717) is 11.8 Å². The van der Waals surface area contributed by atoms with E-state index in [0.717, 1.165) is 18.2 Å². The number of β-amino-alcohol motifs (C(OH)–C–C–N with tert-alkyl or cyclic N) is 1. The Morgan fingerprint density at radius 3 is 2.91 bits per heavy atom. The number of benzene rings is 1. The molecule has 0 unspecified atom stereocenters. The third-order valence-corrected chi connectivity index (χ3v) is 3.68. The van der Waals surface area contributed by atoms with Crippen molar-refractivity contribution in [3.05, 3.63) is 47.7 Å². The second-order valence-electron chi connectivity index (χ2n) is 5.12. The molecule has 1 fully saturated rings. The largest absolute Gasteiger partial charge is 0.481 e. The first-order valence-electron chi connectivity index (χ1n) is 6.85. The van der Waals surface area contributed by atoms with Crippen molar-refractivity contribution >= 4 is 5.95 Å². The van der Waals surface area contributed by atoms with Gasteiger partial charge in [0.2, 0.25) is 11.8 Å². The van der Waals surface area contributed by atoms with Crippen molar-refractivity contribution in [1.82, 2.24) is 9.97 Å². The Morgan fingerprint density at radius 1 is 1.32 bits per heavy atom. The summed E-state index contributed by atoms with van der Waals surface area (Å²) in [6.07, 6.45) is 1.13. The molecule has 2 heterocycles. The van der Waals surface area contributed by atoms with Crippen molar-refractivity contribution in [2.45, 2.75) is 18.6 Å². The van der Waals surface area contributed by atoms with Crippen LogP contribution in [0.4, 0.5) is 14.7 Å². The quantitative estimate of drug-likeness (QED) is 0.941. The lowest BCUT2D eigenvalue weighted by atomic mass is 10.0. The molecular weight excluding hydrogens is 292 g/mol. The third-order valence-electron chi connectivity index (χ3n) is 3.68. The summed E-state index contributed by atoms with van der Waals surface area (Å²) in [5.41, 5.74) is 0.183. The zero-order chi connectivity index (χ0) is 15.7. The maximum Gasteiger partial charge on any atom is 0.229 e. The van der Waals surface area contributed by atoms with Gasteiger partial charge in [-0.25, -0.2) is 13.8 Å². The number of hydrogen-bond acceptors (Lipinski definition) is 5. The van der Waals surface area contributed by atoms with Crippen molar-refractivity contribution in [2.24, 2.45) is 0 Å². The van der Waals surface area contributed by atoms with Crippen molar-refractivity contribution in [3.63, 3.8) is 0 Å². The molecule has 7 heteroatoms. The molecule has 3 rings (SSSR count). The van der Waals surface area contributed by atoms with E-state index in [2.05, 4.69) is 9.97 Å². The van der Waals surface area contributed by atoms with E-state index in [1.165, 1.54) is 13.3 Å². The van der Waals surface area contributed by atoms with Gasteiger partial charge in [0.25, 0.3) is 0 Å². The van der Waals surface area contributed by atoms with Crippen LogP contribution in [0.1, 0.15) is 18.0 Å². The Morgan fingerprint density at radius 2 is 2.14 bits per heavy atom. The number of ether oxygens (including phenoxy) is 1. The van der Waals surface area contributed by atoms with Gasteiger partial charge in [-0.3, -0.25) is 0 Å². The Bertz CT molecular complexity index is 684. The van der Waals surface area contributed by atoms with Crippen LogP contribution < -0.4 is 9.64 Å². The molecule has 2 aromatic rings. The van der Waals surface area contributed by atoms with E-state index in [1.807, 2.05) is 0 Å². The minimum Gasteiger partial charge on any atom is -0.481 e. The zero-order valence-corrected chi connectivity index (χ0v) is 11.9. The minimum atomic E-state index is -0.664. The maximum absolute atomic E-state index is 14.0. The van der Waals surface area contributed by atoms with Gasteiger partial charge in [-0.1, -0.05) is 0 Å². The molecule has 0 bridgehead atoms. The van der Waals surface area contributed by atoms with Crippen LogP contribution in [0.25, 0.3) is 0 Å². The predicted octanol–water partition coefficient (Wildman–Crippen LogP) is 2.08. The number of aliphatic hydroxyl groups excluding tert-OH is 1. The van der Waals surface area contributed by atoms with E-state index in [1.54, 1.807) is 11.0 Å². The molecule has 1 aromatic heterocycles. The van der Waals surface area contributed by atoms with Gasteiger partial charge >= 0.3 is 0 Å². The Hall–Kier alpha value is -2.28. The average Bonchev–Trinajstić information content (AvgIpc) is 2.91. The van der Waals surface area contributed by atoms with E-state index in [-0.39, 0.29) is 18.5 Å². The fraction of sp³-hybridized carbons (Fsp3) is 0.333. The first-order chi connectivity index (χ1) is 10.6. The molecule has 1 aliphatic rings. The van der Waals surface area contributed by atoms with Gasteiger partial charge in [0.15, 0.2) is 0 Å². The van der Waals surface area contributed by atoms with Gasteiger partial charge in [0.05, 0.1) is 19.3 Å². The van der Waals surface area contributed by atoms with Gasteiger partial charge in [0.1, 0.15) is 11.6 Å².